The molecule has 0 bridgehead atoms. The first-order chi connectivity index (χ1) is 12.6. The van der Waals surface area contributed by atoms with Crippen molar-refractivity contribution in [3.8, 4) is 34.5 Å². The Morgan fingerprint density at radius 3 is 2.00 bits per heavy atom. The topological polar surface area (TPSA) is 151 Å². The van der Waals surface area contributed by atoms with Gasteiger partial charge in [0, 0.05) is 16.7 Å². The van der Waals surface area contributed by atoms with Crippen LogP contribution in [-0.4, -0.2) is 38.7 Å². The van der Waals surface area contributed by atoms with Crippen LogP contribution in [0.25, 0.3) is 0 Å². The fourth-order valence-corrected chi connectivity index (χ4v) is 2.98. The first kappa shape index (κ1) is 18.1. The van der Waals surface area contributed by atoms with E-state index >= 15 is 0 Å². The summed E-state index contributed by atoms with van der Waals surface area (Å²) in [5, 5.41) is 39.5. The molecule has 2 aromatic rings. The number of rotatable bonds is 2. The molecule has 3 rings (SSSR count). The van der Waals surface area contributed by atoms with Gasteiger partial charge in [0.2, 0.25) is 0 Å². The van der Waals surface area contributed by atoms with Gasteiger partial charge in [-0.25, -0.2) is 9.59 Å². The molecule has 0 saturated heterocycles. The van der Waals surface area contributed by atoms with Crippen LogP contribution in [0, 0.1) is 20.8 Å². The molecule has 4 N–H and O–H groups in total. The van der Waals surface area contributed by atoms with E-state index in [1.165, 1.54) is 20.8 Å². The number of carboxylic acid groups (broad SMARTS) is 1. The monoisotopic (exact) mass is 374 g/mol. The largest absolute Gasteiger partial charge is 0.507 e. The normalized spacial score (nSPS) is 12.3. The summed E-state index contributed by atoms with van der Waals surface area (Å²) < 4.78 is 10.9. The number of aldehydes is 1. The predicted molar refractivity (Wildman–Crippen MR) is 89.5 cm³/mol. The van der Waals surface area contributed by atoms with Crippen LogP contribution in [-0.2, 0) is 0 Å². The molecule has 1 aliphatic heterocycles. The van der Waals surface area contributed by atoms with E-state index in [4.69, 9.17) is 9.47 Å². The average molecular weight is 374 g/mol. The van der Waals surface area contributed by atoms with Crippen LogP contribution in [0.2, 0.25) is 0 Å². The third-order valence-corrected chi connectivity index (χ3v) is 4.47. The molecule has 9 nitrogen and oxygen atoms in total. The second-order valence-electron chi connectivity index (χ2n) is 5.99. The fraction of sp³-hybridized carbons (Fsp3) is 0.167. The van der Waals surface area contributed by atoms with Gasteiger partial charge in [-0.2, -0.15) is 0 Å². The lowest BCUT2D eigenvalue weighted by molar-refractivity contribution is 0.0691. The van der Waals surface area contributed by atoms with Crippen LogP contribution < -0.4 is 9.47 Å². The number of ether oxygens (including phenoxy) is 2. The van der Waals surface area contributed by atoms with E-state index in [1.807, 2.05) is 0 Å². The summed E-state index contributed by atoms with van der Waals surface area (Å²) in [6.45, 7) is 3.96. The van der Waals surface area contributed by atoms with Gasteiger partial charge in [0.05, 0.1) is 0 Å². The summed E-state index contributed by atoms with van der Waals surface area (Å²) in [6.07, 6.45) is 0.187. The maximum Gasteiger partial charge on any atom is 0.347 e. The Balaban J connectivity index is 2.44. The van der Waals surface area contributed by atoms with Crippen LogP contribution >= 0.6 is 0 Å². The first-order valence-electron chi connectivity index (χ1n) is 7.64. The minimum Gasteiger partial charge on any atom is -0.507 e. The summed E-state index contributed by atoms with van der Waals surface area (Å²) >= 11 is 0. The van der Waals surface area contributed by atoms with Crippen molar-refractivity contribution in [2.45, 2.75) is 20.8 Å². The van der Waals surface area contributed by atoms with Crippen LogP contribution in [0.4, 0.5) is 0 Å². The summed E-state index contributed by atoms with van der Waals surface area (Å²) in [5.74, 6) is -5.34. The molecule has 27 heavy (non-hydrogen) atoms. The van der Waals surface area contributed by atoms with Crippen LogP contribution in [0.15, 0.2) is 0 Å². The Bertz CT molecular complexity index is 1050. The van der Waals surface area contributed by atoms with Crippen molar-refractivity contribution >= 4 is 18.2 Å². The molecule has 2 aromatic carbocycles. The van der Waals surface area contributed by atoms with Gasteiger partial charge in [0.15, 0.2) is 35.0 Å². The minimum absolute atomic E-state index is 0.0525. The Morgan fingerprint density at radius 1 is 0.852 bits per heavy atom. The molecule has 0 radical (unpaired) electrons. The Hall–Kier alpha value is -3.75. The molecular weight excluding hydrogens is 360 g/mol. The van der Waals surface area contributed by atoms with E-state index in [1.54, 1.807) is 0 Å². The number of aromatic carboxylic acids is 1. The number of aromatic hydroxyl groups is 3. The number of fused-ring (bicyclic) bond motifs is 2. The third-order valence-electron chi connectivity index (χ3n) is 4.47. The van der Waals surface area contributed by atoms with Crippen molar-refractivity contribution in [2.75, 3.05) is 0 Å². The number of carbonyl (C=O) groups excluding carboxylic acids is 2. The van der Waals surface area contributed by atoms with Crippen molar-refractivity contribution in [1.82, 2.24) is 0 Å². The SMILES string of the molecule is Cc1c(O)c(C(=O)O)c(C)c2c1OC(=O)c1c(C)c(O)c(O)c(C=O)c1O2. The van der Waals surface area contributed by atoms with Gasteiger partial charge in [0.25, 0.3) is 0 Å². The highest BCUT2D eigenvalue weighted by atomic mass is 16.6. The molecule has 0 aromatic heterocycles. The molecular formula is C18H14O9. The molecule has 0 amide bonds. The Labute approximate surface area is 152 Å². The van der Waals surface area contributed by atoms with E-state index in [-0.39, 0.29) is 45.8 Å². The van der Waals surface area contributed by atoms with Crippen LogP contribution in [0.1, 0.15) is 47.8 Å². The molecule has 0 saturated carbocycles. The van der Waals surface area contributed by atoms with E-state index in [9.17, 15) is 34.8 Å². The van der Waals surface area contributed by atoms with Gasteiger partial charge in [-0.15, -0.1) is 0 Å². The molecule has 1 aliphatic rings. The summed E-state index contributed by atoms with van der Waals surface area (Å²) in [7, 11) is 0. The highest BCUT2D eigenvalue weighted by Crippen LogP contribution is 2.51. The van der Waals surface area contributed by atoms with E-state index in [2.05, 4.69) is 0 Å². The number of hydrogen-bond donors (Lipinski definition) is 4. The molecule has 9 heteroatoms. The molecule has 0 spiro atoms. The zero-order chi connectivity index (χ0) is 20.2. The van der Waals surface area contributed by atoms with Crippen molar-refractivity contribution < 1.29 is 44.3 Å². The van der Waals surface area contributed by atoms with Crippen molar-refractivity contribution in [2.24, 2.45) is 0 Å². The van der Waals surface area contributed by atoms with Gasteiger partial charge in [-0.1, -0.05) is 0 Å². The number of carbonyl (C=O) groups is 3. The van der Waals surface area contributed by atoms with Crippen LogP contribution in [0.3, 0.4) is 0 Å². The van der Waals surface area contributed by atoms with Gasteiger partial charge < -0.3 is 29.9 Å². The van der Waals surface area contributed by atoms with Gasteiger partial charge in [0.1, 0.15) is 22.4 Å². The average Bonchev–Trinajstić information content (AvgIpc) is 2.75. The van der Waals surface area contributed by atoms with Gasteiger partial charge in [-0.3, -0.25) is 4.79 Å². The summed E-state index contributed by atoms with van der Waals surface area (Å²) in [5.41, 5.74) is -1.48. The lowest BCUT2D eigenvalue weighted by atomic mass is 10.0. The highest BCUT2D eigenvalue weighted by Gasteiger charge is 2.35. The lowest BCUT2D eigenvalue weighted by Gasteiger charge is -2.17. The van der Waals surface area contributed by atoms with Gasteiger partial charge >= 0.3 is 11.9 Å². The molecule has 0 fully saturated rings. The summed E-state index contributed by atoms with van der Waals surface area (Å²) in [6, 6.07) is 0. The quantitative estimate of drug-likeness (QED) is 0.269. The lowest BCUT2D eigenvalue weighted by Crippen LogP contribution is -2.11. The van der Waals surface area contributed by atoms with E-state index < -0.39 is 40.3 Å². The molecule has 140 valence electrons. The third kappa shape index (κ3) is 2.35. The van der Waals surface area contributed by atoms with E-state index in [0.29, 0.717) is 0 Å². The standard InChI is InChI=1S/C18H14O9/c1-5-10-16(8(4-19)13(22)12(5)21)26-14-6(2)9(17(23)24)11(20)7(3)15(14)27-18(10)25/h4,20-22H,1-3H3,(H,23,24). The number of benzene rings is 2. The molecule has 0 unspecified atom stereocenters. The number of hydrogen-bond acceptors (Lipinski definition) is 8. The number of esters is 1. The zero-order valence-electron chi connectivity index (χ0n) is 14.4. The summed E-state index contributed by atoms with van der Waals surface area (Å²) in [4.78, 5) is 35.5. The number of phenolic OH excluding ortho intramolecular Hbond substituents is 2. The minimum atomic E-state index is -1.43. The second-order valence-corrected chi connectivity index (χ2v) is 5.99. The maximum atomic E-state index is 12.6. The van der Waals surface area contributed by atoms with Crippen molar-refractivity contribution in [3.05, 3.63) is 33.4 Å². The predicted octanol–water partition coefficient (Wildman–Crippen LogP) is 2.56. The van der Waals surface area contributed by atoms with Gasteiger partial charge in [-0.05, 0) is 20.8 Å². The van der Waals surface area contributed by atoms with E-state index in [0.717, 1.165) is 0 Å². The highest BCUT2D eigenvalue weighted by molar-refractivity contribution is 6.03. The maximum absolute atomic E-state index is 12.6. The smallest absolute Gasteiger partial charge is 0.347 e. The second kappa shape index (κ2) is 5.90. The van der Waals surface area contributed by atoms with Crippen LogP contribution in [0.5, 0.6) is 34.5 Å². The molecule has 0 aliphatic carbocycles. The molecule has 0 atom stereocenters. The van der Waals surface area contributed by atoms with Crippen molar-refractivity contribution in [1.29, 1.82) is 0 Å². The molecule has 1 heterocycles. The first-order valence-corrected chi connectivity index (χ1v) is 7.64. The fourth-order valence-electron chi connectivity index (χ4n) is 2.98. The number of phenols is 3. The Kier molecular flexibility index (Phi) is 3.95. The number of carboxylic acids is 1. The Morgan fingerprint density at radius 2 is 1.44 bits per heavy atom. The zero-order valence-corrected chi connectivity index (χ0v) is 14.4. The van der Waals surface area contributed by atoms with Crippen molar-refractivity contribution in [3.63, 3.8) is 0 Å².